The molecule has 1 unspecified atom stereocenters. The van der Waals surface area contributed by atoms with Crippen LogP contribution in [0.25, 0.3) is 11.4 Å². The highest BCUT2D eigenvalue weighted by atomic mass is 19.4. The molecular weight excluding hydrogens is 418 g/mol. The maximum absolute atomic E-state index is 14.2. The van der Waals surface area contributed by atoms with Crippen LogP contribution in [0, 0.1) is 11.2 Å². The van der Waals surface area contributed by atoms with Crippen LogP contribution in [0.15, 0.2) is 28.8 Å². The van der Waals surface area contributed by atoms with E-state index in [1.807, 2.05) is 0 Å². The van der Waals surface area contributed by atoms with Crippen LogP contribution < -0.4 is 0 Å². The van der Waals surface area contributed by atoms with Gasteiger partial charge in [0.1, 0.15) is 11.6 Å². The molecule has 2 fully saturated rings. The summed E-state index contributed by atoms with van der Waals surface area (Å²) in [6.45, 7) is 0.596. The quantitative estimate of drug-likeness (QED) is 0.657. The Bertz CT molecular complexity index is 1020. The van der Waals surface area contributed by atoms with E-state index < -0.39 is 47.6 Å². The van der Waals surface area contributed by atoms with E-state index in [9.17, 15) is 27.2 Å². The maximum Gasteiger partial charge on any atom is 0.405 e. The highest BCUT2D eigenvalue weighted by Gasteiger charge is 2.64. The van der Waals surface area contributed by atoms with Gasteiger partial charge in [0.15, 0.2) is 5.41 Å². The Morgan fingerprint density at radius 1 is 1.23 bits per heavy atom. The van der Waals surface area contributed by atoms with Crippen molar-refractivity contribution in [2.24, 2.45) is 5.41 Å². The first-order valence-electron chi connectivity index (χ1n) is 10.0. The summed E-state index contributed by atoms with van der Waals surface area (Å²) in [4.78, 5) is 29.8. The molecule has 0 radical (unpaired) electrons. The van der Waals surface area contributed by atoms with E-state index in [0.29, 0.717) is 12.8 Å². The normalized spacial score (nSPS) is 22.9. The van der Waals surface area contributed by atoms with Crippen molar-refractivity contribution in [1.29, 1.82) is 0 Å². The number of carbonyl (C=O) groups is 2. The minimum Gasteiger partial charge on any atom is -0.341 e. The number of hydrogen-bond donors (Lipinski definition) is 0. The zero-order chi connectivity index (χ0) is 22.4. The Hall–Kier alpha value is -2.78. The Balaban J connectivity index is 1.64. The van der Waals surface area contributed by atoms with Crippen molar-refractivity contribution in [3.8, 4) is 11.4 Å². The minimum atomic E-state index is -4.75. The molecule has 1 aliphatic heterocycles. The van der Waals surface area contributed by atoms with Gasteiger partial charge in [-0.25, -0.2) is 4.39 Å². The standard InChI is InChI=1S/C21H21F4N3O3/c1-13(29)11-19(6-3-7-19)18(30)28-9-8-20(12-28,21(23,24)25)17-26-16(27-31-17)14-4-2-5-15(22)10-14/h2,4-5,10H,3,6-9,11-12H2,1H3. The van der Waals surface area contributed by atoms with Gasteiger partial charge in [-0.15, -0.1) is 0 Å². The van der Waals surface area contributed by atoms with Crippen LogP contribution in [-0.2, 0) is 15.0 Å². The molecule has 4 rings (SSSR count). The lowest BCUT2D eigenvalue weighted by atomic mass is 9.65. The van der Waals surface area contributed by atoms with Crippen LogP contribution in [0.1, 0.15) is 44.9 Å². The first kappa shape index (κ1) is 21.5. The lowest BCUT2D eigenvalue weighted by Gasteiger charge is -2.42. The molecule has 0 N–H and O–H groups in total. The molecule has 10 heteroatoms. The van der Waals surface area contributed by atoms with Crippen LogP contribution in [-0.4, -0.2) is 46.0 Å². The number of nitrogens with zero attached hydrogens (tertiary/aromatic N) is 3. The highest BCUT2D eigenvalue weighted by molar-refractivity contribution is 5.90. The first-order valence-corrected chi connectivity index (χ1v) is 10.0. The Kier molecular flexibility index (Phi) is 5.13. The summed E-state index contributed by atoms with van der Waals surface area (Å²) in [5, 5.41) is 3.62. The lowest BCUT2D eigenvalue weighted by Crippen LogP contribution is -2.51. The summed E-state index contributed by atoms with van der Waals surface area (Å²) in [6.07, 6.45) is -3.40. The van der Waals surface area contributed by atoms with E-state index in [0.717, 1.165) is 12.5 Å². The van der Waals surface area contributed by atoms with Crippen molar-refractivity contribution in [1.82, 2.24) is 15.0 Å². The first-order chi connectivity index (χ1) is 14.6. The van der Waals surface area contributed by atoms with Crippen LogP contribution in [0.4, 0.5) is 17.6 Å². The Labute approximate surface area is 175 Å². The second-order valence-corrected chi connectivity index (χ2v) is 8.50. The monoisotopic (exact) mass is 439 g/mol. The SMILES string of the molecule is CC(=O)CC1(C(=O)N2CCC(c3nc(-c4cccc(F)c4)no3)(C(F)(F)F)C2)CCC1. The zero-order valence-corrected chi connectivity index (χ0v) is 16.8. The average molecular weight is 439 g/mol. The van der Waals surface area contributed by atoms with Gasteiger partial charge in [-0.2, -0.15) is 18.2 Å². The third-order valence-corrected chi connectivity index (χ3v) is 6.37. The number of hydrogen-bond acceptors (Lipinski definition) is 5. The number of ketones is 1. The van der Waals surface area contributed by atoms with E-state index in [2.05, 4.69) is 10.1 Å². The van der Waals surface area contributed by atoms with E-state index in [1.165, 1.54) is 30.0 Å². The van der Waals surface area contributed by atoms with Crippen molar-refractivity contribution >= 4 is 11.7 Å². The maximum atomic E-state index is 14.2. The summed E-state index contributed by atoms with van der Waals surface area (Å²) < 4.78 is 61.2. The van der Waals surface area contributed by atoms with Gasteiger partial charge in [0.2, 0.25) is 17.6 Å². The molecule has 6 nitrogen and oxygen atoms in total. The third kappa shape index (κ3) is 3.61. The number of amides is 1. The molecule has 1 atom stereocenters. The van der Waals surface area contributed by atoms with Crippen molar-refractivity contribution in [2.45, 2.75) is 50.6 Å². The van der Waals surface area contributed by atoms with Gasteiger partial charge in [0.05, 0.1) is 5.41 Å². The summed E-state index contributed by atoms with van der Waals surface area (Å²) in [5.41, 5.74) is -3.23. The average Bonchev–Trinajstić information content (AvgIpc) is 3.31. The molecular formula is C21H21F4N3O3. The summed E-state index contributed by atoms with van der Waals surface area (Å²) in [5.74, 6) is -1.97. The number of benzene rings is 1. The fourth-order valence-electron chi connectivity index (χ4n) is 4.55. The number of Topliss-reactive ketones (excluding diaryl/α,β-unsaturated/α-hetero) is 1. The molecule has 1 amide bonds. The number of carbonyl (C=O) groups excluding carboxylic acids is 2. The van der Waals surface area contributed by atoms with Gasteiger partial charge in [-0.1, -0.05) is 23.7 Å². The number of halogens is 4. The molecule has 2 heterocycles. The molecule has 1 aromatic heterocycles. The number of alkyl halides is 3. The Morgan fingerprint density at radius 3 is 2.55 bits per heavy atom. The van der Waals surface area contributed by atoms with Crippen LogP contribution >= 0.6 is 0 Å². The summed E-state index contributed by atoms with van der Waals surface area (Å²) >= 11 is 0. The van der Waals surface area contributed by atoms with Gasteiger partial charge in [-0.3, -0.25) is 9.59 Å². The lowest BCUT2D eigenvalue weighted by molar-refractivity contribution is -0.194. The smallest absolute Gasteiger partial charge is 0.341 e. The molecule has 1 saturated heterocycles. The molecule has 2 aliphatic rings. The van der Waals surface area contributed by atoms with Gasteiger partial charge in [-0.05, 0) is 38.3 Å². The second-order valence-electron chi connectivity index (χ2n) is 8.50. The van der Waals surface area contributed by atoms with Crippen molar-refractivity contribution in [3.05, 3.63) is 36.0 Å². The van der Waals surface area contributed by atoms with Crippen LogP contribution in [0.2, 0.25) is 0 Å². The van der Waals surface area contributed by atoms with Gasteiger partial charge in [0.25, 0.3) is 0 Å². The number of rotatable bonds is 5. The minimum absolute atomic E-state index is 0.0334. The van der Waals surface area contributed by atoms with E-state index in [1.54, 1.807) is 0 Å². The van der Waals surface area contributed by atoms with Gasteiger partial charge >= 0.3 is 6.18 Å². The fourth-order valence-corrected chi connectivity index (χ4v) is 4.55. The fraction of sp³-hybridized carbons (Fsp3) is 0.524. The van der Waals surface area contributed by atoms with E-state index in [-0.39, 0.29) is 30.1 Å². The molecule has 1 aromatic carbocycles. The molecule has 2 aromatic rings. The molecule has 0 spiro atoms. The van der Waals surface area contributed by atoms with Gasteiger partial charge < -0.3 is 9.42 Å². The largest absolute Gasteiger partial charge is 0.405 e. The molecule has 1 aliphatic carbocycles. The van der Waals surface area contributed by atoms with Crippen LogP contribution in [0.3, 0.4) is 0 Å². The molecule has 31 heavy (non-hydrogen) atoms. The van der Waals surface area contributed by atoms with Crippen LogP contribution in [0.5, 0.6) is 0 Å². The predicted molar refractivity (Wildman–Crippen MR) is 100 cm³/mol. The Morgan fingerprint density at radius 2 is 1.97 bits per heavy atom. The molecule has 166 valence electrons. The number of aromatic nitrogens is 2. The second kappa shape index (κ2) is 7.42. The zero-order valence-electron chi connectivity index (χ0n) is 16.8. The third-order valence-electron chi connectivity index (χ3n) is 6.37. The predicted octanol–water partition coefficient (Wildman–Crippen LogP) is 4.06. The van der Waals surface area contributed by atoms with Crippen molar-refractivity contribution in [3.63, 3.8) is 0 Å². The van der Waals surface area contributed by atoms with Gasteiger partial charge in [0, 0.05) is 25.1 Å². The molecule has 0 bridgehead atoms. The van der Waals surface area contributed by atoms with E-state index >= 15 is 0 Å². The van der Waals surface area contributed by atoms with E-state index in [4.69, 9.17) is 4.52 Å². The summed E-state index contributed by atoms with van der Waals surface area (Å²) in [6, 6.07) is 5.15. The number of likely N-dealkylation sites (tertiary alicyclic amines) is 1. The highest BCUT2D eigenvalue weighted by Crippen LogP contribution is 2.51. The van der Waals surface area contributed by atoms with Crippen molar-refractivity contribution in [2.75, 3.05) is 13.1 Å². The summed E-state index contributed by atoms with van der Waals surface area (Å²) in [7, 11) is 0. The molecule has 1 saturated carbocycles. The van der Waals surface area contributed by atoms with Crippen molar-refractivity contribution < 1.29 is 31.7 Å². The topological polar surface area (TPSA) is 76.3 Å².